The van der Waals surface area contributed by atoms with Crippen molar-refractivity contribution in [2.24, 2.45) is 17.3 Å². The van der Waals surface area contributed by atoms with Crippen molar-refractivity contribution < 1.29 is 49.7 Å². The predicted octanol–water partition coefficient (Wildman–Crippen LogP) is 4.01. The van der Waals surface area contributed by atoms with Crippen molar-refractivity contribution in [2.75, 3.05) is 12.3 Å². The minimum atomic E-state index is -2.25. The first-order valence-corrected chi connectivity index (χ1v) is 19.1. The number of benzene rings is 2. The number of aliphatic hydroxyl groups excluding tert-OH is 5. The third-order valence-electron chi connectivity index (χ3n) is 13.0. The number of aromatic nitrogens is 1. The van der Waals surface area contributed by atoms with Crippen molar-refractivity contribution in [1.29, 1.82) is 0 Å². The monoisotopic (exact) mass is 752 g/mol. The number of ketones is 2. The molecule has 0 bridgehead atoms. The topological polar surface area (TPSA) is 213 Å². The predicted molar refractivity (Wildman–Crippen MR) is 200 cm³/mol. The van der Waals surface area contributed by atoms with Crippen LogP contribution in [0.3, 0.4) is 0 Å². The van der Waals surface area contributed by atoms with E-state index in [4.69, 9.17) is 15.2 Å². The Morgan fingerprint density at radius 2 is 1.69 bits per heavy atom. The number of nitrogen functional groups attached to an aromatic ring is 1. The average molecular weight is 753 g/mol. The molecular formula is C43H48N2O10. The van der Waals surface area contributed by atoms with Crippen molar-refractivity contribution in [1.82, 2.24) is 4.98 Å². The number of nitrogens with zero attached hydrogens (tertiary/aromatic N) is 1. The molecule has 0 amide bonds. The second kappa shape index (κ2) is 14.3. The third-order valence-corrected chi connectivity index (χ3v) is 13.0. The fourth-order valence-electron chi connectivity index (χ4n) is 10.4. The fraction of sp³-hybridized carbons (Fsp3) is 0.465. The van der Waals surface area contributed by atoms with Gasteiger partial charge in [-0.2, -0.15) is 0 Å². The van der Waals surface area contributed by atoms with Crippen molar-refractivity contribution in [2.45, 2.75) is 100 Å². The van der Waals surface area contributed by atoms with Crippen LogP contribution in [0.15, 0.2) is 84.3 Å². The van der Waals surface area contributed by atoms with Gasteiger partial charge >= 0.3 is 0 Å². The van der Waals surface area contributed by atoms with E-state index in [9.17, 15) is 40.2 Å². The molecule has 2 aromatic carbocycles. The number of allylic oxidation sites excluding steroid dienone is 4. The zero-order chi connectivity index (χ0) is 38.7. The molecule has 0 radical (unpaired) electrons. The van der Waals surface area contributed by atoms with Crippen molar-refractivity contribution >= 4 is 17.4 Å². The van der Waals surface area contributed by atoms with Crippen molar-refractivity contribution in [3.63, 3.8) is 0 Å². The summed E-state index contributed by atoms with van der Waals surface area (Å²) >= 11 is 0. The van der Waals surface area contributed by atoms with Crippen molar-refractivity contribution in [3.05, 3.63) is 112 Å². The van der Waals surface area contributed by atoms with Crippen LogP contribution in [0, 0.1) is 17.3 Å². The van der Waals surface area contributed by atoms with E-state index < -0.39 is 65.6 Å². The lowest BCUT2D eigenvalue weighted by Gasteiger charge is -2.51. The van der Waals surface area contributed by atoms with E-state index in [1.807, 2.05) is 24.3 Å². The maximum absolute atomic E-state index is 14.2. The van der Waals surface area contributed by atoms with Gasteiger partial charge in [-0.1, -0.05) is 55.3 Å². The molecule has 55 heavy (non-hydrogen) atoms. The summed E-state index contributed by atoms with van der Waals surface area (Å²) in [5, 5.41) is 67.3. The number of ether oxygens (including phenoxy) is 2. The molecule has 2 saturated carbocycles. The Labute approximate surface area is 319 Å². The maximum atomic E-state index is 14.2. The van der Waals surface area contributed by atoms with E-state index in [0.29, 0.717) is 30.7 Å². The second-order valence-electron chi connectivity index (χ2n) is 16.4. The van der Waals surface area contributed by atoms with Crippen LogP contribution < -0.4 is 10.5 Å². The van der Waals surface area contributed by atoms with Crippen LogP contribution in [-0.2, 0) is 23.2 Å². The molecule has 3 fully saturated rings. The first-order valence-electron chi connectivity index (χ1n) is 19.1. The van der Waals surface area contributed by atoms with E-state index in [1.54, 1.807) is 24.4 Å². The van der Waals surface area contributed by atoms with Gasteiger partial charge in [0.1, 0.15) is 41.2 Å². The van der Waals surface area contributed by atoms with Crippen LogP contribution in [0.1, 0.15) is 88.8 Å². The van der Waals surface area contributed by atoms with Gasteiger partial charge in [-0.05, 0) is 102 Å². The number of carbonyl (C=O) groups is 2. The summed E-state index contributed by atoms with van der Waals surface area (Å²) in [5.74, 6) is -3.23. The van der Waals surface area contributed by atoms with Crippen LogP contribution in [0.4, 0.5) is 5.82 Å². The summed E-state index contributed by atoms with van der Waals surface area (Å²) in [6.45, 7) is -0.834. The second-order valence-corrected chi connectivity index (χ2v) is 16.4. The highest BCUT2D eigenvalue weighted by Crippen LogP contribution is 2.61. The Bertz CT molecular complexity index is 2060. The number of hydrogen-bond acceptors (Lipinski definition) is 12. The number of pyridine rings is 1. The lowest BCUT2D eigenvalue weighted by Crippen LogP contribution is -2.69. The molecule has 5 aliphatic rings. The third kappa shape index (κ3) is 6.48. The molecule has 12 nitrogen and oxygen atoms in total. The van der Waals surface area contributed by atoms with Crippen LogP contribution in [-0.4, -0.2) is 84.0 Å². The molecule has 2 heterocycles. The number of anilines is 1. The smallest absolute Gasteiger partial charge is 0.229 e. The summed E-state index contributed by atoms with van der Waals surface area (Å²) in [4.78, 5) is 32.5. The zero-order valence-corrected chi connectivity index (χ0v) is 30.5. The quantitative estimate of drug-likeness (QED) is 0.165. The number of fused-ring (bicyclic) bond motifs is 2. The van der Waals surface area contributed by atoms with Crippen LogP contribution in [0.2, 0.25) is 0 Å². The van der Waals surface area contributed by atoms with E-state index in [0.717, 1.165) is 48.8 Å². The first kappa shape index (κ1) is 37.5. The highest BCUT2D eigenvalue weighted by molar-refractivity contribution is 6.19. The Hall–Kier alpha value is -4.43. The van der Waals surface area contributed by atoms with Gasteiger partial charge in [-0.25, -0.2) is 4.98 Å². The molecule has 1 aliphatic heterocycles. The van der Waals surface area contributed by atoms with Crippen LogP contribution in [0.5, 0.6) is 5.75 Å². The molecule has 290 valence electrons. The molecule has 12 heteroatoms. The minimum absolute atomic E-state index is 0.0513. The molecule has 1 spiro atoms. The average Bonchev–Trinajstić information content (AvgIpc) is 3.80. The SMILES string of the molecule is Nc1cc(C2(CC3(O)C(O)C(CO)OC(Oc4cccc5c4C(=O)C4C(O)=CC(Cc6cccc(CO)c6)=CC4C5=O)C3O)CCC3(CCCC3)C2)ccn1. The van der Waals surface area contributed by atoms with E-state index in [-0.39, 0.29) is 41.1 Å². The number of nitrogens with two attached hydrogens (primary N) is 1. The minimum Gasteiger partial charge on any atom is -0.511 e. The molecule has 3 aromatic rings. The molecule has 4 aliphatic carbocycles. The Morgan fingerprint density at radius 1 is 0.927 bits per heavy atom. The number of rotatable bonds is 9. The summed E-state index contributed by atoms with van der Waals surface area (Å²) in [5.41, 5.74) is 6.29. The van der Waals surface area contributed by atoms with E-state index in [2.05, 4.69) is 4.98 Å². The molecule has 8 atom stereocenters. The highest BCUT2D eigenvalue weighted by Gasteiger charge is 2.61. The molecule has 1 saturated heterocycles. The molecule has 8 N–H and O–H groups in total. The standard InChI is InChI=1S/C43H48N2O10/c44-33-19-27(9-14-45-33)42(13-12-41(22-42)10-1-2-11-41)23-43(53)38(51)32(21-47)55-40(39(43)52)54-31-8-4-7-28-35(31)37(50)34-29(36(28)49)17-26(18-30(34)48)16-24-5-3-6-25(15-24)20-46/h3-9,14-15,17-19,29,32,34,38-40,46-48,51-53H,1-2,10-13,16,20-23H2,(H2,44,45). The molecular weight excluding hydrogens is 704 g/mol. The zero-order valence-electron chi connectivity index (χ0n) is 30.5. The fourth-order valence-corrected chi connectivity index (χ4v) is 10.4. The largest absolute Gasteiger partial charge is 0.511 e. The highest BCUT2D eigenvalue weighted by atomic mass is 16.7. The summed E-state index contributed by atoms with van der Waals surface area (Å²) in [6, 6.07) is 15.4. The summed E-state index contributed by atoms with van der Waals surface area (Å²) < 4.78 is 12.1. The summed E-state index contributed by atoms with van der Waals surface area (Å²) in [7, 11) is 0. The van der Waals surface area contributed by atoms with Crippen LogP contribution in [0.25, 0.3) is 0 Å². The number of Topliss-reactive ketones (excluding diaryl/α,β-unsaturated/α-hetero) is 2. The number of carbonyl (C=O) groups excluding carboxylic acids is 2. The lowest BCUT2D eigenvalue weighted by molar-refractivity contribution is -0.318. The van der Waals surface area contributed by atoms with Gasteiger partial charge in [0.05, 0.1) is 30.6 Å². The summed E-state index contributed by atoms with van der Waals surface area (Å²) in [6.07, 6.45) is 5.02. The van der Waals surface area contributed by atoms with Gasteiger partial charge in [0.25, 0.3) is 0 Å². The molecule has 8 rings (SSSR count). The Morgan fingerprint density at radius 3 is 2.44 bits per heavy atom. The van der Waals surface area contributed by atoms with Gasteiger partial charge in [-0.15, -0.1) is 0 Å². The van der Waals surface area contributed by atoms with Crippen molar-refractivity contribution in [3.8, 4) is 5.75 Å². The first-order chi connectivity index (χ1) is 26.4. The van der Waals surface area contributed by atoms with Gasteiger partial charge in [-0.3, -0.25) is 9.59 Å². The van der Waals surface area contributed by atoms with Crippen LogP contribution >= 0.6 is 0 Å². The van der Waals surface area contributed by atoms with Gasteiger partial charge in [0.2, 0.25) is 6.29 Å². The van der Waals surface area contributed by atoms with Gasteiger partial charge in [0, 0.05) is 11.8 Å². The van der Waals surface area contributed by atoms with E-state index >= 15 is 0 Å². The molecule has 8 unspecified atom stereocenters. The maximum Gasteiger partial charge on any atom is 0.229 e. The van der Waals surface area contributed by atoms with E-state index in [1.165, 1.54) is 24.3 Å². The number of hydrogen-bond donors (Lipinski definition) is 7. The van der Waals surface area contributed by atoms with Gasteiger partial charge in [0.15, 0.2) is 11.6 Å². The Balaban J connectivity index is 1.10. The van der Waals surface area contributed by atoms with Gasteiger partial charge < -0.3 is 45.8 Å². The molecule has 1 aromatic heterocycles. The number of aliphatic hydroxyl groups is 6. The Kier molecular flexibility index (Phi) is 9.72. The normalized spacial score (nSPS) is 32.5. The lowest BCUT2D eigenvalue weighted by atomic mass is 9.65.